The van der Waals surface area contributed by atoms with Crippen molar-refractivity contribution < 1.29 is 17.9 Å². The van der Waals surface area contributed by atoms with E-state index in [9.17, 15) is 13.2 Å². The Labute approximate surface area is 76.5 Å². The molecule has 7 heteroatoms. The van der Waals surface area contributed by atoms with Gasteiger partial charge < -0.3 is 10.5 Å². The lowest BCUT2D eigenvalue weighted by Crippen LogP contribution is -2.42. The molecule has 1 saturated heterocycles. The van der Waals surface area contributed by atoms with E-state index >= 15 is 0 Å². The van der Waals surface area contributed by atoms with Gasteiger partial charge in [0.05, 0.1) is 25.4 Å². The van der Waals surface area contributed by atoms with Crippen LogP contribution in [0.15, 0.2) is 0 Å². The lowest BCUT2D eigenvalue weighted by Gasteiger charge is -2.11. The SMILES string of the molecule is CS(=O)(=O)NC(=O)C1COCC1N. The zero-order valence-electron chi connectivity index (χ0n) is 7.19. The van der Waals surface area contributed by atoms with E-state index < -0.39 is 27.9 Å². The van der Waals surface area contributed by atoms with E-state index in [4.69, 9.17) is 10.5 Å². The van der Waals surface area contributed by atoms with Crippen molar-refractivity contribution in [1.82, 2.24) is 4.72 Å². The zero-order valence-corrected chi connectivity index (χ0v) is 8.00. The van der Waals surface area contributed by atoms with Crippen molar-refractivity contribution in [2.45, 2.75) is 6.04 Å². The Bertz CT molecular complexity index is 300. The van der Waals surface area contributed by atoms with E-state index in [1.165, 1.54) is 0 Å². The van der Waals surface area contributed by atoms with Gasteiger partial charge in [-0.1, -0.05) is 0 Å². The summed E-state index contributed by atoms with van der Waals surface area (Å²) in [6.45, 7) is 0.477. The fourth-order valence-corrected chi connectivity index (χ4v) is 1.62. The van der Waals surface area contributed by atoms with Crippen LogP contribution >= 0.6 is 0 Å². The molecule has 0 aliphatic carbocycles. The molecule has 0 spiro atoms. The van der Waals surface area contributed by atoms with Crippen molar-refractivity contribution in [3.63, 3.8) is 0 Å². The molecule has 0 aromatic carbocycles. The van der Waals surface area contributed by atoms with Crippen LogP contribution in [-0.2, 0) is 19.6 Å². The van der Waals surface area contributed by atoms with E-state index in [1.54, 1.807) is 0 Å². The molecule has 1 amide bonds. The van der Waals surface area contributed by atoms with Crippen molar-refractivity contribution in [3.8, 4) is 0 Å². The van der Waals surface area contributed by atoms with Gasteiger partial charge in [-0.25, -0.2) is 8.42 Å². The Morgan fingerprint density at radius 3 is 2.54 bits per heavy atom. The maximum Gasteiger partial charge on any atom is 0.240 e. The topological polar surface area (TPSA) is 98.5 Å². The number of carbonyl (C=O) groups is 1. The number of rotatable bonds is 2. The average Bonchev–Trinajstić information content (AvgIpc) is 2.30. The number of sulfonamides is 1. The lowest BCUT2D eigenvalue weighted by molar-refractivity contribution is -0.123. The van der Waals surface area contributed by atoms with Crippen LogP contribution in [0.3, 0.4) is 0 Å². The van der Waals surface area contributed by atoms with E-state index in [-0.39, 0.29) is 6.61 Å². The van der Waals surface area contributed by atoms with Crippen LogP contribution in [0.4, 0.5) is 0 Å². The highest BCUT2D eigenvalue weighted by Gasteiger charge is 2.32. The second-order valence-electron chi connectivity index (χ2n) is 3.05. The molecule has 1 aliphatic heterocycles. The van der Waals surface area contributed by atoms with Gasteiger partial charge in [0.1, 0.15) is 0 Å². The Morgan fingerprint density at radius 2 is 2.15 bits per heavy atom. The molecule has 76 valence electrons. The molecule has 1 rings (SSSR count). The third-order valence-corrected chi connectivity index (χ3v) is 2.32. The van der Waals surface area contributed by atoms with Gasteiger partial charge in [-0.15, -0.1) is 0 Å². The number of nitrogens with one attached hydrogen (secondary N) is 1. The first-order chi connectivity index (χ1) is 5.90. The van der Waals surface area contributed by atoms with Gasteiger partial charge in [0.15, 0.2) is 0 Å². The van der Waals surface area contributed by atoms with E-state index in [2.05, 4.69) is 0 Å². The molecule has 1 heterocycles. The lowest BCUT2D eigenvalue weighted by atomic mass is 10.1. The highest BCUT2D eigenvalue weighted by Crippen LogP contribution is 2.11. The van der Waals surface area contributed by atoms with Gasteiger partial charge >= 0.3 is 0 Å². The first-order valence-electron chi connectivity index (χ1n) is 3.75. The number of amides is 1. The minimum atomic E-state index is -3.49. The van der Waals surface area contributed by atoms with Gasteiger partial charge in [-0.3, -0.25) is 9.52 Å². The third-order valence-electron chi connectivity index (χ3n) is 1.75. The summed E-state index contributed by atoms with van der Waals surface area (Å²) in [6.07, 6.45) is 0.923. The summed E-state index contributed by atoms with van der Waals surface area (Å²) < 4.78 is 28.2. The quantitative estimate of drug-likeness (QED) is 0.549. The van der Waals surface area contributed by atoms with Crippen LogP contribution in [0.1, 0.15) is 0 Å². The Hall–Kier alpha value is -0.660. The van der Waals surface area contributed by atoms with Gasteiger partial charge in [-0.2, -0.15) is 0 Å². The van der Waals surface area contributed by atoms with Crippen LogP contribution in [0.25, 0.3) is 0 Å². The maximum absolute atomic E-state index is 11.2. The number of carbonyl (C=O) groups excluding carboxylic acids is 1. The molecule has 1 aliphatic rings. The second-order valence-corrected chi connectivity index (χ2v) is 4.79. The fourth-order valence-electron chi connectivity index (χ4n) is 1.10. The molecule has 2 atom stereocenters. The number of nitrogens with two attached hydrogens (primary N) is 1. The molecular weight excluding hydrogens is 196 g/mol. The minimum absolute atomic E-state index is 0.183. The molecule has 1 fully saturated rings. The summed E-state index contributed by atoms with van der Waals surface area (Å²) in [5, 5.41) is 0. The highest BCUT2D eigenvalue weighted by atomic mass is 32.2. The third kappa shape index (κ3) is 2.94. The van der Waals surface area contributed by atoms with Crippen LogP contribution < -0.4 is 10.5 Å². The summed E-state index contributed by atoms with van der Waals surface area (Å²) in [4.78, 5) is 11.2. The smallest absolute Gasteiger partial charge is 0.240 e. The monoisotopic (exact) mass is 208 g/mol. The van der Waals surface area contributed by atoms with Gasteiger partial charge in [-0.05, 0) is 0 Å². The summed E-state index contributed by atoms with van der Waals surface area (Å²) in [7, 11) is -3.49. The Morgan fingerprint density at radius 1 is 1.54 bits per heavy atom. The zero-order chi connectivity index (χ0) is 10.1. The summed E-state index contributed by atoms with van der Waals surface area (Å²) in [5.74, 6) is -1.15. The van der Waals surface area contributed by atoms with Crippen LogP contribution in [0.2, 0.25) is 0 Å². The Balaban J connectivity index is 2.58. The maximum atomic E-state index is 11.2. The van der Waals surface area contributed by atoms with Crippen LogP contribution in [0.5, 0.6) is 0 Å². The molecule has 0 aromatic heterocycles. The van der Waals surface area contributed by atoms with Crippen LogP contribution in [-0.4, -0.2) is 39.8 Å². The Kier molecular flexibility index (Phi) is 2.89. The molecule has 0 radical (unpaired) electrons. The van der Waals surface area contributed by atoms with E-state index in [1.807, 2.05) is 4.72 Å². The molecule has 0 bridgehead atoms. The number of hydrogen-bond acceptors (Lipinski definition) is 5. The first-order valence-corrected chi connectivity index (χ1v) is 5.64. The standard InChI is InChI=1S/C6H12N2O4S/c1-13(10,11)8-6(9)4-2-12-3-5(4)7/h4-5H,2-3,7H2,1H3,(H,8,9). The predicted octanol–water partition coefficient (Wildman–Crippen LogP) is -1.96. The highest BCUT2D eigenvalue weighted by molar-refractivity contribution is 7.89. The van der Waals surface area contributed by atoms with E-state index in [0.29, 0.717) is 6.61 Å². The first kappa shape index (κ1) is 10.4. The molecule has 2 unspecified atom stereocenters. The molecule has 6 nitrogen and oxygen atoms in total. The summed E-state index contributed by atoms with van der Waals surface area (Å²) in [6, 6.07) is -0.415. The molecule has 3 N–H and O–H groups in total. The van der Waals surface area contributed by atoms with Gasteiger partial charge in [0.2, 0.25) is 15.9 Å². The predicted molar refractivity (Wildman–Crippen MR) is 45.3 cm³/mol. The number of ether oxygens (including phenoxy) is 1. The minimum Gasteiger partial charge on any atom is -0.379 e. The number of hydrogen-bond donors (Lipinski definition) is 2. The normalized spacial score (nSPS) is 28.8. The molecule has 0 aromatic rings. The summed E-state index contributed by atoms with van der Waals surface area (Å²) >= 11 is 0. The van der Waals surface area contributed by atoms with Crippen molar-refractivity contribution in [1.29, 1.82) is 0 Å². The summed E-state index contributed by atoms with van der Waals surface area (Å²) in [5.41, 5.74) is 5.52. The average molecular weight is 208 g/mol. The van der Waals surface area contributed by atoms with E-state index in [0.717, 1.165) is 6.26 Å². The van der Waals surface area contributed by atoms with Crippen molar-refractivity contribution in [2.24, 2.45) is 11.7 Å². The van der Waals surface area contributed by atoms with Gasteiger partial charge in [0.25, 0.3) is 0 Å². The molecule has 0 saturated carbocycles. The van der Waals surface area contributed by atoms with Crippen LogP contribution in [0, 0.1) is 5.92 Å². The van der Waals surface area contributed by atoms with Gasteiger partial charge in [0, 0.05) is 6.04 Å². The van der Waals surface area contributed by atoms with Crippen molar-refractivity contribution in [3.05, 3.63) is 0 Å². The van der Waals surface area contributed by atoms with Crippen molar-refractivity contribution >= 4 is 15.9 Å². The second kappa shape index (κ2) is 3.60. The molecular formula is C6H12N2O4S. The molecule has 13 heavy (non-hydrogen) atoms. The largest absolute Gasteiger partial charge is 0.379 e. The fraction of sp³-hybridized carbons (Fsp3) is 0.833. The van der Waals surface area contributed by atoms with Crippen molar-refractivity contribution in [2.75, 3.05) is 19.5 Å².